The zero-order valence-electron chi connectivity index (χ0n) is 10.1. The van der Waals surface area contributed by atoms with Gasteiger partial charge in [-0.1, -0.05) is 6.07 Å². The van der Waals surface area contributed by atoms with Crippen LogP contribution in [-0.4, -0.2) is 16.8 Å². The van der Waals surface area contributed by atoms with E-state index in [1.54, 1.807) is 18.3 Å². The molecule has 17 heavy (non-hydrogen) atoms. The molecule has 90 valence electrons. The summed E-state index contributed by atoms with van der Waals surface area (Å²) >= 11 is 0. The predicted molar refractivity (Wildman–Crippen MR) is 65.2 cm³/mol. The molecule has 0 unspecified atom stereocenters. The fourth-order valence-corrected chi connectivity index (χ4v) is 1.81. The fraction of sp³-hybridized carbons (Fsp3) is 0.308. The molecule has 0 spiro atoms. The Balaban J connectivity index is 2.25. The third kappa shape index (κ3) is 2.71. The molecule has 0 aliphatic carbocycles. The highest BCUT2D eigenvalue weighted by molar-refractivity contribution is 5.27. The Morgan fingerprint density at radius 1 is 1.35 bits per heavy atom. The average molecular weight is 233 g/mol. The van der Waals surface area contributed by atoms with Gasteiger partial charge in [0.05, 0.1) is 12.2 Å². The normalized spacial score (nSPS) is 10.8. The van der Waals surface area contributed by atoms with E-state index in [1.165, 1.54) is 6.07 Å². The first-order valence-electron chi connectivity index (χ1n) is 5.61. The second-order valence-electron chi connectivity index (χ2n) is 4.08. The fourth-order valence-electron chi connectivity index (χ4n) is 1.81. The molecule has 0 saturated carbocycles. The Bertz CT molecular complexity index is 505. The van der Waals surface area contributed by atoms with Crippen LogP contribution in [-0.2, 0) is 13.1 Å². The van der Waals surface area contributed by atoms with Crippen LogP contribution in [0, 0.1) is 12.7 Å². The van der Waals surface area contributed by atoms with Gasteiger partial charge in [0.1, 0.15) is 5.82 Å². The zero-order valence-corrected chi connectivity index (χ0v) is 10.1. The van der Waals surface area contributed by atoms with Crippen molar-refractivity contribution in [2.75, 3.05) is 7.05 Å². The molecule has 2 rings (SSSR count). The molecule has 2 aromatic rings. The van der Waals surface area contributed by atoms with Gasteiger partial charge in [-0.25, -0.2) is 4.39 Å². The van der Waals surface area contributed by atoms with Crippen LogP contribution in [0.5, 0.6) is 0 Å². The van der Waals surface area contributed by atoms with Crippen molar-refractivity contribution >= 4 is 0 Å². The standard InChI is InChI=1S/C13H16FN3/c1-10-3-4-12(14)7-11(10)9-17-13(8-15-2)5-6-16-17/h3-7,15H,8-9H2,1-2H3. The summed E-state index contributed by atoms with van der Waals surface area (Å²) in [7, 11) is 1.89. The van der Waals surface area contributed by atoms with E-state index < -0.39 is 0 Å². The molecular formula is C13H16FN3. The van der Waals surface area contributed by atoms with E-state index in [4.69, 9.17) is 0 Å². The van der Waals surface area contributed by atoms with Crippen LogP contribution in [0.15, 0.2) is 30.5 Å². The third-order valence-electron chi connectivity index (χ3n) is 2.79. The summed E-state index contributed by atoms with van der Waals surface area (Å²) in [5.74, 6) is -0.201. The van der Waals surface area contributed by atoms with Gasteiger partial charge in [0.2, 0.25) is 0 Å². The van der Waals surface area contributed by atoms with Crippen LogP contribution in [0.1, 0.15) is 16.8 Å². The van der Waals surface area contributed by atoms with Gasteiger partial charge in [0.15, 0.2) is 0 Å². The maximum atomic E-state index is 13.2. The summed E-state index contributed by atoms with van der Waals surface area (Å²) in [6.07, 6.45) is 1.77. The molecule has 1 aromatic carbocycles. The van der Waals surface area contributed by atoms with Gasteiger partial charge in [-0.05, 0) is 43.3 Å². The minimum absolute atomic E-state index is 0.201. The van der Waals surface area contributed by atoms with Crippen LogP contribution < -0.4 is 5.32 Å². The maximum absolute atomic E-state index is 13.2. The number of hydrogen-bond acceptors (Lipinski definition) is 2. The summed E-state index contributed by atoms with van der Waals surface area (Å²) in [4.78, 5) is 0. The number of benzene rings is 1. The lowest BCUT2D eigenvalue weighted by atomic mass is 10.1. The number of halogens is 1. The van der Waals surface area contributed by atoms with Crippen LogP contribution in [0.25, 0.3) is 0 Å². The smallest absolute Gasteiger partial charge is 0.123 e. The molecular weight excluding hydrogens is 217 g/mol. The van der Waals surface area contributed by atoms with E-state index in [1.807, 2.05) is 24.7 Å². The molecule has 1 N–H and O–H groups in total. The first-order valence-corrected chi connectivity index (χ1v) is 5.61. The topological polar surface area (TPSA) is 29.9 Å². The van der Waals surface area contributed by atoms with E-state index >= 15 is 0 Å². The molecule has 4 heteroatoms. The highest BCUT2D eigenvalue weighted by Gasteiger charge is 2.05. The zero-order chi connectivity index (χ0) is 12.3. The highest BCUT2D eigenvalue weighted by Crippen LogP contribution is 2.12. The highest BCUT2D eigenvalue weighted by atomic mass is 19.1. The Morgan fingerprint density at radius 3 is 2.94 bits per heavy atom. The number of aryl methyl sites for hydroxylation is 1. The van der Waals surface area contributed by atoms with E-state index in [0.717, 1.165) is 23.4 Å². The summed E-state index contributed by atoms with van der Waals surface area (Å²) < 4.78 is 15.1. The van der Waals surface area contributed by atoms with Gasteiger partial charge in [-0.3, -0.25) is 4.68 Å². The Labute approximate surface area is 100 Å². The minimum Gasteiger partial charge on any atom is -0.314 e. The second-order valence-corrected chi connectivity index (χ2v) is 4.08. The van der Waals surface area contributed by atoms with Gasteiger partial charge in [-0.15, -0.1) is 0 Å². The molecule has 0 radical (unpaired) electrons. The summed E-state index contributed by atoms with van der Waals surface area (Å²) in [6.45, 7) is 3.35. The van der Waals surface area contributed by atoms with Crippen molar-refractivity contribution in [1.82, 2.24) is 15.1 Å². The molecule has 1 heterocycles. The van der Waals surface area contributed by atoms with Crippen molar-refractivity contribution in [3.8, 4) is 0 Å². The summed E-state index contributed by atoms with van der Waals surface area (Å²) in [5.41, 5.74) is 3.14. The molecule has 0 fully saturated rings. The first kappa shape index (κ1) is 11.8. The van der Waals surface area contributed by atoms with Crippen molar-refractivity contribution in [3.05, 3.63) is 53.1 Å². The average Bonchev–Trinajstić information content (AvgIpc) is 2.72. The number of nitrogens with zero attached hydrogens (tertiary/aromatic N) is 2. The molecule has 0 bridgehead atoms. The monoisotopic (exact) mass is 233 g/mol. The minimum atomic E-state index is -0.201. The van der Waals surface area contributed by atoms with Crippen LogP contribution >= 0.6 is 0 Å². The Morgan fingerprint density at radius 2 is 2.18 bits per heavy atom. The van der Waals surface area contributed by atoms with Crippen LogP contribution in [0.3, 0.4) is 0 Å². The van der Waals surface area contributed by atoms with Crippen molar-refractivity contribution < 1.29 is 4.39 Å². The summed E-state index contributed by atoms with van der Waals surface area (Å²) in [5, 5.41) is 7.34. The van der Waals surface area contributed by atoms with Crippen molar-refractivity contribution in [2.45, 2.75) is 20.0 Å². The van der Waals surface area contributed by atoms with Gasteiger partial charge >= 0.3 is 0 Å². The molecule has 0 saturated heterocycles. The number of nitrogens with one attached hydrogen (secondary N) is 1. The summed E-state index contributed by atoms with van der Waals surface area (Å²) in [6, 6.07) is 6.81. The van der Waals surface area contributed by atoms with Gasteiger partial charge in [-0.2, -0.15) is 5.10 Å². The predicted octanol–water partition coefficient (Wildman–Crippen LogP) is 2.10. The molecule has 0 aliphatic heterocycles. The van der Waals surface area contributed by atoms with E-state index in [-0.39, 0.29) is 5.82 Å². The molecule has 0 aliphatic rings. The molecule has 1 aromatic heterocycles. The quantitative estimate of drug-likeness (QED) is 0.876. The van der Waals surface area contributed by atoms with Crippen molar-refractivity contribution in [1.29, 1.82) is 0 Å². The number of aromatic nitrogens is 2. The molecule has 0 atom stereocenters. The van der Waals surface area contributed by atoms with Crippen molar-refractivity contribution in [3.63, 3.8) is 0 Å². The Hall–Kier alpha value is -1.68. The second kappa shape index (κ2) is 5.10. The van der Waals surface area contributed by atoms with Crippen LogP contribution in [0.2, 0.25) is 0 Å². The number of hydrogen-bond donors (Lipinski definition) is 1. The van der Waals surface area contributed by atoms with E-state index in [0.29, 0.717) is 6.54 Å². The lowest BCUT2D eigenvalue weighted by molar-refractivity contribution is 0.603. The van der Waals surface area contributed by atoms with Crippen molar-refractivity contribution in [2.24, 2.45) is 0 Å². The van der Waals surface area contributed by atoms with Gasteiger partial charge in [0, 0.05) is 12.7 Å². The van der Waals surface area contributed by atoms with E-state index in [2.05, 4.69) is 10.4 Å². The lowest BCUT2D eigenvalue weighted by Gasteiger charge is -2.09. The lowest BCUT2D eigenvalue weighted by Crippen LogP contribution is -2.13. The van der Waals surface area contributed by atoms with Gasteiger partial charge in [0.25, 0.3) is 0 Å². The first-order chi connectivity index (χ1) is 8.20. The largest absolute Gasteiger partial charge is 0.314 e. The molecule has 0 amide bonds. The number of rotatable bonds is 4. The van der Waals surface area contributed by atoms with Gasteiger partial charge < -0.3 is 5.32 Å². The van der Waals surface area contributed by atoms with E-state index in [9.17, 15) is 4.39 Å². The SMILES string of the molecule is CNCc1ccnn1Cc1cc(F)ccc1C. The molecule has 3 nitrogen and oxygen atoms in total. The maximum Gasteiger partial charge on any atom is 0.123 e. The Kier molecular flexibility index (Phi) is 3.54. The van der Waals surface area contributed by atoms with Crippen LogP contribution in [0.4, 0.5) is 4.39 Å². The third-order valence-corrected chi connectivity index (χ3v) is 2.79.